The smallest absolute Gasteiger partial charge is 0.145 e. The summed E-state index contributed by atoms with van der Waals surface area (Å²) < 4.78 is 6.14. The molecule has 1 heterocycles. The number of ether oxygens (including phenoxy) is 1. The van der Waals surface area contributed by atoms with Gasteiger partial charge >= 0.3 is 0 Å². The molecule has 1 rings (SSSR count). The van der Waals surface area contributed by atoms with E-state index in [0.717, 1.165) is 48.8 Å². The van der Waals surface area contributed by atoms with Crippen molar-refractivity contribution in [3.05, 3.63) is 10.8 Å². The van der Waals surface area contributed by atoms with Crippen molar-refractivity contribution in [3.8, 4) is 0 Å². The second-order valence-electron chi connectivity index (χ2n) is 3.39. The van der Waals surface area contributed by atoms with E-state index in [4.69, 9.17) is 4.74 Å². The third-order valence-corrected chi connectivity index (χ3v) is 2.85. The minimum absolute atomic E-state index is 0.766. The van der Waals surface area contributed by atoms with Crippen LogP contribution >= 0.6 is 15.9 Å². The van der Waals surface area contributed by atoms with E-state index >= 15 is 0 Å². The summed E-state index contributed by atoms with van der Waals surface area (Å²) in [5, 5.41) is 6.42. The molecule has 0 saturated heterocycles. The molecule has 17 heavy (non-hydrogen) atoms. The van der Waals surface area contributed by atoms with Crippen molar-refractivity contribution < 1.29 is 4.74 Å². The number of aromatic nitrogens is 2. The van der Waals surface area contributed by atoms with E-state index in [1.807, 2.05) is 13.8 Å². The van der Waals surface area contributed by atoms with Gasteiger partial charge in [0.2, 0.25) is 0 Å². The second-order valence-corrected chi connectivity index (χ2v) is 4.19. The second kappa shape index (κ2) is 8.25. The summed E-state index contributed by atoms with van der Waals surface area (Å²) in [7, 11) is 0. The third kappa shape index (κ3) is 4.87. The molecule has 0 aromatic carbocycles. The summed E-state index contributed by atoms with van der Waals surface area (Å²) >= 11 is 3.48. The van der Waals surface area contributed by atoms with E-state index in [9.17, 15) is 0 Å². The lowest BCUT2D eigenvalue weighted by Gasteiger charge is -2.10. The van der Waals surface area contributed by atoms with E-state index in [2.05, 4.69) is 36.5 Å². The van der Waals surface area contributed by atoms with Crippen LogP contribution in [0, 0.1) is 0 Å². The van der Waals surface area contributed by atoms with E-state index in [1.165, 1.54) is 0 Å². The Kier molecular flexibility index (Phi) is 6.88. The molecule has 96 valence electrons. The van der Waals surface area contributed by atoms with Crippen LogP contribution in [0.4, 0.5) is 11.6 Å². The van der Waals surface area contributed by atoms with Gasteiger partial charge in [-0.05, 0) is 36.2 Å². The van der Waals surface area contributed by atoms with Crippen LogP contribution in [0.5, 0.6) is 0 Å². The number of hydrogen-bond donors (Lipinski definition) is 2. The minimum Gasteiger partial charge on any atom is -0.382 e. The highest BCUT2D eigenvalue weighted by Crippen LogP contribution is 2.26. The normalized spacial score (nSPS) is 10.3. The maximum absolute atomic E-state index is 5.27. The van der Waals surface area contributed by atoms with Gasteiger partial charge in [-0.3, -0.25) is 0 Å². The lowest BCUT2D eigenvalue weighted by Crippen LogP contribution is -2.09. The first kappa shape index (κ1) is 14.2. The lowest BCUT2D eigenvalue weighted by molar-refractivity contribution is 0.147. The third-order valence-electron chi connectivity index (χ3n) is 2.10. The van der Waals surface area contributed by atoms with Crippen molar-refractivity contribution in [1.82, 2.24) is 9.97 Å². The molecular weight excluding hydrogens is 284 g/mol. The molecule has 0 saturated carbocycles. The van der Waals surface area contributed by atoms with Gasteiger partial charge in [-0.15, -0.1) is 0 Å². The topological polar surface area (TPSA) is 59.1 Å². The number of hydrogen-bond acceptors (Lipinski definition) is 5. The molecule has 2 N–H and O–H groups in total. The van der Waals surface area contributed by atoms with E-state index < -0.39 is 0 Å². The Bertz CT molecular complexity index is 335. The summed E-state index contributed by atoms with van der Waals surface area (Å²) in [6, 6.07) is 0. The van der Waals surface area contributed by atoms with Crippen molar-refractivity contribution >= 4 is 27.6 Å². The molecule has 0 aliphatic rings. The molecule has 0 amide bonds. The van der Waals surface area contributed by atoms with Crippen LogP contribution in [0.3, 0.4) is 0 Å². The molecule has 0 aliphatic carbocycles. The molecule has 0 fully saturated rings. The number of rotatable bonds is 8. The fraction of sp³-hybridized carbons (Fsp3) is 0.636. The summed E-state index contributed by atoms with van der Waals surface area (Å²) in [6.07, 6.45) is 2.51. The largest absolute Gasteiger partial charge is 0.382 e. The molecule has 5 nitrogen and oxygen atoms in total. The molecule has 0 atom stereocenters. The van der Waals surface area contributed by atoms with E-state index in [-0.39, 0.29) is 0 Å². The first-order valence-corrected chi connectivity index (χ1v) is 6.64. The van der Waals surface area contributed by atoms with Crippen LogP contribution in [0.1, 0.15) is 20.3 Å². The molecule has 0 bridgehead atoms. The van der Waals surface area contributed by atoms with E-state index in [0.29, 0.717) is 0 Å². The Balaban J connectivity index is 2.44. The molecule has 0 aliphatic heterocycles. The monoisotopic (exact) mass is 302 g/mol. The molecule has 0 unspecified atom stereocenters. The first-order chi connectivity index (χ1) is 8.29. The number of anilines is 2. The van der Waals surface area contributed by atoms with Crippen molar-refractivity contribution in [2.24, 2.45) is 0 Å². The summed E-state index contributed by atoms with van der Waals surface area (Å²) in [4.78, 5) is 8.34. The molecule has 0 spiro atoms. The predicted octanol–water partition coefficient (Wildman–Crippen LogP) is 2.51. The van der Waals surface area contributed by atoms with Crippen LogP contribution in [-0.2, 0) is 4.74 Å². The first-order valence-electron chi connectivity index (χ1n) is 5.85. The maximum atomic E-state index is 5.27. The lowest BCUT2D eigenvalue weighted by atomic mass is 10.4. The number of nitrogens with one attached hydrogen (secondary N) is 2. The van der Waals surface area contributed by atoms with Crippen molar-refractivity contribution in [3.63, 3.8) is 0 Å². The number of nitrogens with zero attached hydrogens (tertiary/aromatic N) is 2. The fourth-order valence-corrected chi connectivity index (χ4v) is 1.79. The molecule has 1 aromatic rings. The van der Waals surface area contributed by atoms with Crippen LogP contribution < -0.4 is 10.6 Å². The highest BCUT2D eigenvalue weighted by atomic mass is 79.9. The standard InChI is InChI=1S/C11H19BrN4O/c1-3-13-10-9(12)11(16-8-15-10)14-6-5-7-17-4-2/h8H,3-7H2,1-2H3,(H2,13,14,15,16). The summed E-state index contributed by atoms with van der Waals surface area (Å²) in [5.41, 5.74) is 0. The SMILES string of the molecule is CCNc1ncnc(NCCCOCC)c1Br. The van der Waals surface area contributed by atoms with Gasteiger partial charge in [0.1, 0.15) is 22.4 Å². The quantitative estimate of drug-likeness (QED) is 0.723. The maximum Gasteiger partial charge on any atom is 0.145 e. The van der Waals surface area contributed by atoms with Gasteiger partial charge in [0, 0.05) is 26.3 Å². The van der Waals surface area contributed by atoms with Crippen molar-refractivity contribution in [2.45, 2.75) is 20.3 Å². The molecule has 1 aromatic heterocycles. The summed E-state index contributed by atoms with van der Waals surface area (Å²) in [6.45, 7) is 7.23. The van der Waals surface area contributed by atoms with Crippen LogP contribution in [0.25, 0.3) is 0 Å². The van der Waals surface area contributed by atoms with Crippen LogP contribution in [0.2, 0.25) is 0 Å². The Morgan fingerprint density at radius 1 is 1.24 bits per heavy atom. The van der Waals surface area contributed by atoms with Gasteiger partial charge in [0.05, 0.1) is 0 Å². The minimum atomic E-state index is 0.766. The zero-order valence-electron chi connectivity index (χ0n) is 10.3. The molecule has 6 heteroatoms. The van der Waals surface area contributed by atoms with Gasteiger partial charge in [-0.2, -0.15) is 0 Å². The van der Waals surface area contributed by atoms with Gasteiger partial charge in [0.15, 0.2) is 0 Å². The zero-order valence-corrected chi connectivity index (χ0v) is 11.9. The fourth-order valence-electron chi connectivity index (χ4n) is 1.31. The Hall–Kier alpha value is -0.880. The van der Waals surface area contributed by atoms with E-state index in [1.54, 1.807) is 6.33 Å². The highest BCUT2D eigenvalue weighted by molar-refractivity contribution is 9.10. The Morgan fingerprint density at radius 2 is 1.94 bits per heavy atom. The zero-order chi connectivity index (χ0) is 12.5. The van der Waals surface area contributed by atoms with Gasteiger partial charge in [-0.1, -0.05) is 0 Å². The Labute approximate surface area is 111 Å². The van der Waals surface area contributed by atoms with Gasteiger partial charge in [0.25, 0.3) is 0 Å². The molecule has 0 radical (unpaired) electrons. The highest BCUT2D eigenvalue weighted by Gasteiger charge is 2.06. The van der Waals surface area contributed by atoms with Crippen LogP contribution in [0.15, 0.2) is 10.8 Å². The average molecular weight is 303 g/mol. The predicted molar refractivity (Wildman–Crippen MR) is 73.5 cm³/mol. The van der Waals surface area contributed by atoms with Gasteiger partial charge in [-0.25, -0.2) is 9.97 Å². The average Bonchev–Trinajstić information content (AvgIpc) is 2.33. The molecular formula is C11H19BrN4O. The van der Waals surface area contributed by atoms with Crippen molar-refractivity contribution in [2.75, 3.05) is 36.9 Å². The van der Waals surface area contributed by atoms with Crippen LogP contribution in [-0.4, -0.2) is 36.3 Å². The van der Waals surface area contributed by atoms with Gasteiger partial charge < -0.3 is 15.4 Å². The Morgan fingerprint density at radius 3 is 2.59 bits per heavy atom. The summed E-state index contributed by atoms with van der Waals surface area (Å²) in [5.74, 6) is 1.63. The number of halogens is 1. The van der Waals surface area contributed by atoms with Crippen molar-refractivity contribution in [1.29, 1.82) is 0 Å².